The fraction of sp³-hybridized carbons (Fsp3) is 0.533. The van der Waals surface area contributed by atoms with Crippen molar-refractivity contribution in [2.75, 3.05) is 18.0 Å². The molecule has 0 bridgehead atoms. The maximum Gasteiger partial charge on any atom is 0.159 e. The lowest BCUT2D eigenvalue weighted by Gasteiger charge is -2.47. The van der Waals surface area contributed by atoms with Crippen LogP contribution in [-0.4, -0.2) is 18.9 Å². The molecular formula is C15H21NO. The Labute approximate surface area is 104 Å². The highest BCUT2D eigenvalue weighted by Crippen LogP contribution is 2.36. The summed E-state index contributed by atoms with van der Waals surface area (Å²) in [5.41, 5.74) is 2.37. The van der Waals surface area contributed by atoms with Crippen LogP contribution < -0.4 is 4.90 Å². The van der Waals surface area contributed by atoms with Crippen molar-refractivity contribution in [1.29, 1.82) is 0 Å². The SMILES string of the molecule is CC(=O)c1cccc(N2CC(C(C)(C)C)C2)c1. The molecule has 92 valence electrons. The number of hydrogen-bond donors (Lipinski definition) is 0. The molecule has 1 fully saturated rings. The standard InChI is InChI=1S/C15H21NO/c1-11(17)12-6-5-7-14(8-12)16-9-13(10-16)15(2,3)4/h5-8,13H,9-10H2,1-4H3. The molecule has 0 atom stereocenters. The van der Waals surface area contributed by atoms with Crippen LogP contribution in [0.1, 0.15) is 38.1 Å². The molecule has 1 aromatic rings. The van der Waals surface area contributed by atoms with Crippen molar-refractivity contribution in [3.63, 3.8) is 0 Å². The highest BCUT2D eigenvalue weighted by atomic mass is 16.1. The molecule has 0 unspecified atom stereocenters. The van der Waals surface area contributed by atoms with Crippen LogP contribution in [-0.2, 0) is 0 Å². The van der Waals surface area contributed by atoms with Gasteiger partial charge in [-0.1, -0.05) is 32.9 Å². The van der Waals surface area contributed by atoms with Crippen molar-refractivity contribution < 1.29 is 4.79 Å². The normalized spacial score (nSPS) is 16.8. The van der Waals surface area contributed by atoms with E-state index in [1.54, 1.807) is 6.92 Å². The van der Waals surface area contributed by atoms with E-state index in [1.165, 1.54) is 5.69 Å². The summed E-state index contributed by atoms with van der Waals surface area (Å²) in [6, 6.07) is 7.94. The molecule has 2 rings (SSSR count). The number of ketones is 1. The monoisotopic (exact) mass is 231 g/mol. The Hall–Kier alpha value is -1.31. The average molecular weight is 231 g/mol. The summed E-state index contributed by atoms with van der Waals surface area (Å²) in [5.74, 6) is 0.892. The molecule has 1 aliphatic heterocycles. The maximum atomic E-state index is 11.3. The number of hydrogen-bond acceptors (Lipinski definition) is 2. The molecular weight excluding hydrogens is 210 g/mol. The van der Waals surface area contributed by atoms with E-state index >= 15 is 0 Å². The molecule has 2 heteroatoms. The first-order chi connectivity index (χ1) is 7.88. The van der Waals surface area contributed by atoms with E-state index in [9.17, 15) is 4.79 Å². The van der Waals surface area contributed by atoms with E-state index in [0.29, 0.717) is 5.41 Å². The number of Topliss-reactive ketones (excluding diaryl/α,β-unsaturated/α-hetero) is 1. The van der Waals surface area contributed by atoms with E-state index in [0.717, 1.165) is 24.6 Å². The van der Waals surface area contributed by atoms with Gasteiger partial charge in [-0.05, 0) is 30.4 Å². The molecule has 17 heavy (non-hydrogen) atoms. The number of nitrogens with zero attached hydrogens (tertiary/aromatic N) is 1. The summed E-state index contributed by atoms with van der Waals surface area (Å²) in [5, 5.41) is 0. The van der Waals surface area contributed by atoms with Crippen LogP contribution in [0.5, 0.6) is 0 Å². The lowest BCUT2D eigenvalue weighted by atomic mass is 9.76. The predicted molar refractivity (Wildman–Crippen MR) is 71.6 cm³/mol. The predicted octanol–water partition coefficient (Wildman–Crippen LogP) is 3.37. The van der Waals surface area contributed by atoms with Gasteiger partial charge < -0.3 is 4.90 Å². The van der Waals surface area contributed by atoms with Crippen molar-refractivity contribution in [2.45, 2.75) is 27.7 Å². The van der Waals surface area contributed by atoms with Crippen LogP contribution in [0.2, 0.25) is 0 Å². The van der Waals surface area contributed by atoms with Gasteiger partial charge in [0.2, 0.25) is 0 Å². The third kappa shape index (κ3) is 2.51. The second kappa shape index (κ2) is 4.17. The number of carbonyl (C=O) groups is 1. The van der Waals surface area contributed by atoms with Gasteiger partial charge in [-0.25, -0.2) is 0 Å². The van der Waals surface area contributed by atoms with Crippen LogP contribution in [0, 0.1) is 11.3 Å². The van der Waals surface area contributed by atoms with Crippen molar-refractivity contribution in [1.82, 2.24) is 0 Å². The molecule has 0 aromatic heterocycles. The number of carbonyl (C=O) groups excluding carboxylic acids is 1. The Bertz CT molecular complexity index is 425. The molecule has 0 N–H and O–H groups in total. The maximum absolute atomic E-state index is 11.3. The molecule has 1 aromatic carbocycles. The highest BCUT2D eigenvalue weighted by Gasteiger charge is 2.35. The zero-order valence-electron chi connectivity index (χ0n) is 11.2. The van der Waals surface area contributed by atoms with Gasteiger partial charge in [-0.15, -0.1) is 0 Å². The van der Waals surface area contributed by atoms with Crippen molar-refractivity contribution >= 4 is 11.5 Å². The summed E-state index contributed by atoms with van der Waals surface area (Å²) in [6.45, 7) is 10.7. The minimum atomic E-state index is 0.139. The Morgan fingerprint density at radius 3 is 2.47 bits per heavy atom. The quantitative estimate of drug-likeness (QED) is 0.727. The number of anilines is 1. The van der Waals surface area contributed by atoms with Crippen LogP contribution in [0.25, 0.3) is 0 Å². The average Bonchev–Trinajstić information content (AvgIpc) is 2.13. The first-order valence-corrected chi connectivity index (χ1v) is 6.24. The highest BCUT2D eigenvalue weighted by molar-refractivity contribution is 5.95. The van der Waals surface area contributed by atoms with E-state index < -0.39 is 0 Å². The van der Waals surface area contributed by atoms with Gasteiger partial charge in [0, 0.05) is 24.3 Å². The Kier molecular flexibility index (Phi) is 2.98. The molecule has 0 spiro atoms. The zero-order chi connectivity index (χ0) is 12.6. The lowest BCUT2D eigenvalue weighted by molar-refractivity contribution is 0.101. The van der Waals surface area contributed by atoms with Gasteiger partial charge in [-0.3, -0.25) is 4.79 Å². The van der Waals surface area contributed by atoms with Gasteiger partial charge in [0.05, 0.1) is 0 Å². The summed E-state index contributed by atoms with van der Waals surface area (Å²) in [6.07, 6.45) is 0. The third-order valence-corrected chi connectivity index (χ3v) is 3.72. The van der Waals surface area contributed by atoms with Gasteiger partial charge in [0.25, 0.3) is 0 Å². The van der Waals surface area contributed by atoms with Crippen LogP contribution in [0.3, 0.4) is 0 Å². The zero-order valence-corrected chi connectivity index (χ0v) is 11.2. The van der Waals surface area contributed by atoms with Crippen LogP contribution in [0.15, 0.2) is 24.3 Å². The molecule has 0 radical (unpaired) electrons. The summed E-state index contributed by atoms with van der Waals surface area (Å²) >= 11 is 0. The second-order valence-corrected chi connectivity index (χ2v) is 6.07. The van der Waals surface area contributed by atoms with E-state index in [1.807, 2.05) is 18.2 Å². The summed E-state index contributed by atoms with van der Waals surface area (Å²) < 4.78 is 0. The molecule has 1 saturated heterocycles. The molecule has 0 amide bonds. The van der Waals surface area contributed by atoms with Crippen LogP contribution >= 0.6 is 0 Å². The minimum Gasteiger partial charge on any atom is -0.371 e. The van der Waals surface area contributed by atoms with Gasteiger partial charge in [0.1, 0.15) is 0 Å². The Morgan fingerprint density at radius 1 is 1.29 bits per heavy atom. The van der Waals surface area contributed by atoms with E-state index in [4.69, 9.17) is 0 Å². The Balaban J connectivity index is 2.06. The fourth-order valence-corrected chi connectivity index (χ4v) is 2.16. The van der Waals surface area contributed by atoms with E-state index in [-0.39, 0.29) is 5.78 Å². The summed E-state index contributed by atoms with van der Waals surface area (Å²) in [4.78, 5) is 13.7. The topological polar surface area (TPSA) is 20.3 Å². The lowest BCUT2D eigenvalue weighted by Crippen LogP contribution is -2.52. The Morgan fingerprint density at radius 2 is 1.94 bits per heavy atom. The first kappa shape index (κ1) is 12.2. The van der Waals surface area contributed by atoms with E-state index in [2.05, 4.69) is 31.7 Å². The van der Waals surface area contributed by atoms with Crippen molar-refractivity contribution in [3.05, 3.63) is 29.8 Å². The smallest absolute Gasteiger partial charge is 0.159 e. The van der Waals surface area contributed by atoms with Gasteiger partial charge in [0.15, 0.2) is 5.78 Å². The van der Waals surface area contributed by atoms with Crippen molar-refractivity contribution in [2.24, 2.45) is 11.3 Å². The van der Waals surface area contributed by atoms with Crippen molar-refractivity contribution in [3.8, 4) is 0 Å². The molecule has 2 nitrogen and oxygen atoms in total. The number of benzene rings is 1. The molecule has 1 heterocycles. The molecule has 0 saturated carbocycles. The molecule has 1 aliphatic rings. The summed E-state index contributed by atoms with van der Waals surface area (Å²) in [7, 11) is 0. The largest absolute Gasteiger partial charge is 0.371 e. The third-order valence-electron chi connectivity index (χ3n) is 3.72. The molecule has 0 aliphatic carbocycles. The fourth-order valence-electron chi connectivity index (χ4n) is 2.16. The van der Waals surface area contributed by atoms with Gasteiger partial charge >= 0.3 is 0 Å². The minimum absolute atomic E-state index is 0.139. The second-order valence-electron chi connectivity index (χ2n) is 6.07. The van der Waals surface area contributed by atoms with Gasteiger partial charge in [-0.2, -0.15) is 0 Å². The van der Waals surface area contributed by atoms with Crippen LogP contribution in [0.4, 0.5) is 5.69 Å². The number of rotatable bonds is 2. The first-order valence-electron chi connectivity index (χ1n) is 6.24.